The highest BCUT2D eigenvalue weighted by atomic mass is 32.2. The van der Waals surface area contributed by atoms with Crippen molar-refractivity contribution in [2.75, 3.05) is 26.4 Å². The fraction of sp³-hybridized carbons (Fsp3) is 0.923. The van der Waals surface area contributed by atoms with Crippen LogP contribution in [0.25, 0.3) is 0 Å². The van der Waals surface area contributed by atoms with Gasteiger partial charge in [0.1, 0.15) is 5.78 Å². The number of ketones is 1. The van der Waals surface area contributed by atoms with E-state index in [0.29, 0.717) is 50.9 Å². The third-order valence-corrected chi connectivity index (χ3v) is 6.47. The van der Waals surface area contributed by atoms with Gasteiger partial charge in [0.15, 0.2) is 0 Å². The second-order valence-corrected chi connectivity index (χ2v) is 14.4. The van der Waals surface area contributed by atoms with Gasteiger partial charge in [-0.15, -0.1) is 0 Å². The lowest BCUT2D eigenvalue weighted by molar-refractivity contribution is -0.128. The van der Waals surface area contributed by atoms with Gasteiger partial charge >= 0.3 is 0 Å². The van der Waals surface area contributed by atoms with Gasteiger partial charge in [-0.2, -0.15) is 11.8 Å². The van der Waals surface area contributed by atoms with Crippen LogP contribution in [0, 0.1) is 10.8 Å². The van der Waals surface area contributed by atoms with Crippen molar-refractivity contribution in [3.63, 3.8) is 0 Å². The van der Waals surface area contributed by atoms with E-state index in [1.54, 1.807) is 0 Å². The molecule has 5 nitrogen and oxygen atoms in total. The molecule has 190 valence electrons. The van der Waals surface area contributed by atoms with Crippen LogP contribution >= 0.6 is 11.8 Å². The molecule has 0 saturated carbocycles. The van der Waals surface area contributed by atoms with E-state index >= 15 is 0 Å². The summed E-state index contributed by atoms with van der Waals surface area (Å²) in [5.41, 5.74) is -0.862. The molecular formula is C26H51NO4S. The molecule has 32 heavy (non-hydrogen) atoms. The third kappa shape index (κ3) is 16.1. The molecule has 0 aromatic carbocycles. The highest BCUT2D eigenvalue weighted by molar-refractivity contribution is 8.01. The molecule has 0 aromatic heterocycles. The molecule has 0 aliphatic carbocycles. The SMILES string of the molecule is CCC(=O)CC(C)(C)COCC(C)(C)CNC(=O)CC(C)(C)OCCC(C)(C)SC(C)C. The Balaban J connectivity index is 4.36. The Labute approximate surface area is 202 Å². The Morgan fingerprint density at radius 1 is 0.906 bits per heavy atom. The molecule has 0 unspecified atom stereocenters. The number of hydrogen-bond acceptors (Lipinski definition) is 5. The van der Waals surface area contributed by atoms with Crippen molar-refractivity contribution in [2.24, 2.45) is 10.8 Å². The van der Waals surface area contributed by atoms with Crippen LogP contribution in [0.2, 0.25) is 0 Å². The fourth-order valence-electron chi connectivity index (χ4n) is 3.47. The number of carbonyl (C=O) groups is 2. The summed E-state index contributed by atoms with van der Waals surface area (Å²) in [4.78, 5) is 24.2. The number of ether oxygens (including phenoxy) is 2. The van der Waals surface area contributed by atoms with Crippen molar-refractivity contribution >= 4 is 23.5 Å². The molecule has 0 spiro atoms. The van der Waals surface area contributed by atoms with Crippen molar-refractivity contribution in [1.29, 1.82) is 0 Å². The molecule has 0 aliphatic rings. The maximum Gasteiger partial charge on any atom is 0.222 e. The first-order valence-electron chi connectivity index (χ1n) is 12.1. The minimum Gasteiger partial charge on any atom is -0.380 e. The van der Waals surface area contributed by atoms with Crippen LogP contribution in [0.1, 0.15) is 102 Å². The van der Waals surface area contributed by atoms with Gasteiger partial charge in [-0.1, -0.05) is 62.3 Å². The molecule has 1 amide bonds. The largest absolute Gasteiger partial charge is 0.380 e. The first-order chi connectivity index (χ1) is 14.4. The van der Waals surface area contributed by atoms with Crippen molar-refractivity contribution in [2.45, 2.75) is 117 Å². The van der Waals surface area contributed by atoms with Gasteiger partial charge in [0.25, 0.3) is 0 Å². The molecule has 0 rings (SSSR count). The Bertz CT molecular complexity index is 582. The lowest BCUT2D eigenvalue weighted by atomic mass is 9.87. The Morgan fingerprint density at radius 3 is 2.00 bits per heavy atom. The summed E-state index contributed by atoms with van der Waals surface area (Å²) in [5.74, 6) is 0.255. The maximum atomic E-state index is 12.5. The van der Waals surface area contributed by atoms with Crippen LogP contribution in [-0.4, -0.2) is 53.7 Å². The molecule has 1 N–H and O–H groups in total. The maximum absolute atomic E-state index is 12.5. The molecule has 0 radical (unpaired) electrons. The van der Waals surface area contributed by atoms with Gasteiger partial charge in [0.05, 0.1) is 25.2 Å². The predicted molar refractivity (Wildman–Crippen MR) is 137 cm³/mol. The predicted octanol–water partition coefficient (Wildman–Crippen LogP) is 6.04. The van der Waals surface area contributed by atoms with Crippen LogP contribution in [-0.2, 0) is 19.1 Å². The van der Waals surface area contributed by atoms with Gasteiger partial charge in [0.2, 0.25) is 5.91 Å². The topological polar surface area (TPSA) is 64.6 Å². The summed E-state index contributed by atoms with van der Waals surface area (Å²) in [6.07, 6.45) is 2.37. The zero-order valence-corrected chi connectivity index (χ0v) is 23.6. The van der Waals surface area contributed by atoms with Gasteiger partial charge in [-0.25, -0.2) is 0 Å². The highest BCUT2D eigenvalue weighted by Crippen LogP contribution is 2.32. The average molecular weight is 474 g/mol. The van der Waals surface area contributed by atoms with Crippen LogP contribution in [0.3, 0.4) is 0 Å². The quantitative estimate of drug-likeness (QED) is 0.279. The molecule has 6 heteroatoms. The van der Waals surface area contributed by atoms with E-state index in [0.717, 1.165) is 6.42 Å². The summed E-state index contributed by atoms with van der Waals surface area (Å²) in [7, 11) is 0. The Kier molecular flexibility index (Phi) is 13.1. The molecular weight excluding hydrogens is 422 g/mol. The number of Topliss-reactive ketones (excluding diaryl/α,β-unsaturated/α-hetero) is 1. The monoisotopic (exact) mass is 473 g/mol. The van der Waals surface area contributed by atoms with Crippen LogP contribution < -0.4 is 5.32 Å². The van der Waals surface area contributed by atoms with E-state index in [-0.39, 0.29) is 27.3 Å². The van der Waals surface area contributed by atoms with Crippen molar-refractivity contribution < 1.29 is 19.1 Å². The molecule has 0 fully saturated rings. The van der Waals surface area contributed by atoms with E-state index < -0.39 is 5.60 Å². The van der Waals surface area contributed by atoms with Crippen LogP contribution in [0.4, 0.5) is 0 Å². The zero-order valence-electron chi connectivity index (χ0n) is 22.8. The van der Waals surface area contributed by atoms with Crippen molar-refractivity contribution in [1.82, 2.24) is 5.32 Å². The third-order valence-electron chi connectivity index (χ3n) is 5.16. The van der Waals surface area contributed by atoms with Crippen LogP contribution in [0.5, 0.6) is 0 Å². The number of rotatable bonds is 17. The molecule has 0 aromatic rings. The number of amides is 1. The normalized spacial score (nSPS) is 13.5. The Morgan fingerprint density at radius 2 is 1.47 bits per heavy atom. The summed E-state index contributed by atoms with van der Waals surface area (Å²) in [6.45, 7) is 25.3. The zero-order chi connectivity index (χ0) is 25.2. The van der Waals surface area contributed by atoms with Crippen LogP contribution in [0.15, 0.2) is 0 Å². The number of hydrogen-bond donors (Lipinski definition) is 1. The van der Waals surface area contributed by atoms with Gasteiger partial charge < -0.3 is 14.8 Å². The molecule has 0 aliphatic heterocycles. The smallest absolute Gasteiger partial charge is 0.222 e. The molecule has 0 heterocycles. The summed E-state index contributed by atoms with van der Waals surface area (Å²) < 4.78 is 12.2. The number of carbonyl (C=O) groups excluding carboxylic acids is 2. The summed E-state index contributed by atoms with van der Waals surface area (Å²) >= 11 is 1.96. The van der Waals surface area contributed by atoms with E-state index in [1.807, 2.05) is 32.5 Å². The number of nitrogens with one attached hydrogen (secondary N) is 1. The van der Waals surface area contributed by atoms with E-state index in [4.69, 9.17) is 9.47 Å². The molecule has 0 atom stereocenters. The average Bonchev–Trinajstić information content (AvgIpc) is 2.57. The Hall–Kier alpha value is -0.590. The lowest BCUT2D eigenvalue weighted by Crippen LogP contribution is -2.41. The first-order valence-corrected chi connectivity index (χ1v) is 12.9. The second-order valence-electron chi connectivity index (χ2n) is 12.1. The minimum absolute atomic E-state index is 0.00670. The molecule has 0 bridgehead atoms. The fourth-order valence-corrected chi connectivity index (χ4v) is 4.95. The van der Waals surface area contributed by atoms with Crippen molar-refractivity contribution in [3.05, 3.63) is 0 Å². The highest BCUT2D eigenvalue weighted by Gasteiger charge is 2.28. The van der Waals surface area contributed by atoms with Gasteiger partial charge in [-0.05, 0) is 30.9 Å². The van der Waals surface area contributed by atoms with Gasteiger partial charge in [0, 0.05) is 36.2 Å². The van der Waals surface area contributed by atoms with E-state index in [9.17, 15) is 9.59 Å². The number of thioether (sulfide) groups is 1. The first kappa shape index (κ1) is 31.4. The summed E-state index contributed by atoms with van der Waals surface area (Å²) in [6, 6.07) is 0. The van der Waals surface area contributed by atoms with Crippen molar-refractivity contribution in [3.8, 4) is 0 Å². The summed E-state index contributed by atoms with van der Waals surface area (Å²) in [5, 5.41) is 3.63. The minimum atomic E-state index is -0.501. The van der Waals surface area contributed by atoms with E-state index in [1.165, 1.54) is 0 Å². The second kappa shape index (κ2) is 13.3. The lowest BCUT2D eigenvalue weighted by Gasteiger charge is -2.31. The standard InChI is InChI=1S/C26H51NO4S/c1-12-21(28)15-23(4,5)18-30-19-24(6,7)17-27-22(29)16-25(8,9)31-14-13-26(10,11)32-20(2)3/h20H,12-19H2,1-11H3,(H,27,29). The molecule has 0 saturated heterocycles. The van der Waals surface area contributed by atoms with E-state index in [2.05, 4.69) is 60.7 Å². The van der Waals surface area contributed by atoms with Gasteiger partial charge in [-0.3, -0.25) is 9.59 Å².